The maximum absolute atomic E-state index is 12.7. The van der Waals surface area contributed by atoms with E-state index in [9.17, 15) is 10.1 Å². The third-order valence-electron chi connectivity index (χ3n) is 6.61. The molecule has 8 heteroatoms. The SMILES string of the molecule is CCc1cc(N2C[C@@]3(CCC[C@](C)(Cn4cnc5ccc(C#N)cc54)C3)OC2=O)on1. The molecule has 1 aromatic carbocycles. The zero-order valence-corrected chi connectivity index (χ0v) is 17.8. The smallest absolute Gasteiger partial charge is 0.417 e. The molecular formula is C23H25N5O3. The summed E-state index contributed by atoms with van der Waals surface area (Å²) in [5.74, 6) is 0.454. The highest BCUT2D eigenvalue weighted by atomic mass is 16.6. The van der Waals surface area contributed by atoms with Crippen LogP contribution in [0.1, 0.15) is 50.8 Å². The van der Waals surface area contributed by atoms with E-state index in [1.807, 2.05) is 31.5 Å². The fourth-order valence-corrected chi connectivity index (χ4v) is 5.20. The Labute approximate surface area is 180 Å². The number of carbonyl (C=O) groups is 1. The van der Waals surface area contributed by atoms with E-state index >= 15 is 0 Å². The minimum Gasteiger partial charge on any atom is -0.441 e. The number of imidazole rings is 1. The molecule has 2 aromatic heterocycles. The lowest BCUT2D eigenvalue weighted by Gasteiger charge is -2.43. The molecule has 3 aromatic rings. The molecule has 0 radical (unpaired) electrons. The van der Waals surface area contributed by atoms with Crippen molar-refractivity contribution in [3.8, 4) is 6.07 Å². The summed E-state index contributed by atoms with van der Waals surface area (Å²) >= 11 is 0. The summed E-state index contributed by atoms with van der Waals surface area (Å²) < 4.78 is 13.5. The molecule has 1 aliphatic heterocycles. The van der Waals surface area contributed by atoms with Crippen LogP contribution in [0.5, 0.6) is 0 Å². The number of nitrogens with zero attached hydrogens (tertiary/aromatic N) is 5. The van der Waals surface area contributed by atoms with E-state index in [-0.39, 0.29) is 11.5 Å². The van der Waals surface area contributed by atoms with Gasteiger partial charge in [0.2, 0.25) is 5.88 Å². The fraction of sp³-hybridized carbons (Fsp3) is 0.478. The average Bonchev–Trinajstić information content (AvgIpc) is 3.45. The molecule has 0 N–H and O–H groups in total. The third-order valence-corrected chi connectivity index (χ3v) is 6.61. The fourth-order valence-electron chi connectivity index (χ4n) is 5.20. The normalized spacial score (nSPS) is 25.8. The van der Waals surface area contributed by atoms with Gasteiger partial charge < -0.3 is 13.8 Å². The Kier molecular flexibility index (Phi) is 4.50. The Morgan fingerprint density at radius 2 is 2.16 bits per heavy atom. The van der Waals surface area contributed by atoms with Crippen molar-refractivity contribution in [1.29, 1.82) is 5.26 Å². The monoisotopic (exact) mass is 419 g/mol. The summed E-state index contributed by atoms with van der Waals surface area (Å²) in [5.41, 5.74) is 2.68. The van der Waals surface area contributed by atoms with E-state index < -0.39 is 5.60 Å². The van der Waals surface area contributed by atoms with Crippen LogP contribution in [0, 0.1) is 16.7 Å². The molecule has 0 unspecified atom stereocenters. The zero-order valence-electron chi connectivity index (χ0n) is 17.8. The Morgan fingerprint density at radius 3 is 2.94 bits per heavy atom. The van der Waals surface area contributed by atoms with Crippen molar-refractivity contribution in [2.45, 2.75) is 58.1 Å². The van der Waals surface area contributed by atoms with Crippen LogP contribution in [0.15, 0.2) is 35.1 Å². The quantitative estimate of drug-likeness (QED) is 0.620. The van der Waals surface area contributed by atoms with Gasteiger partial charge in [0.25, 0.3) is 0 Å². The van der Waals surface area contributed by atoms with Crippen LogP contribution in [-0.2, 0) is 17.7 Å². The van der Waals surface area contributed by atoms with E-state index in [4.69, 9.17) is 9.26 Å². The Balaban J connectivity index is 1.38. The van der Waals surface area contributed by atoms with E-state index in [2.05, 4.69) is 27.7 Å². The second-order valence-electron chi connectivity index (χ2n) is 9.18. The number of aryl methyl sites for hydroxylation is 1. The number of aromatic nitrogens is 3. The van der Waals surface area contributed by atoms with Crippen molar-refractivity contribution >= 4 is 23.0 Å². The number of ether oxygens (including phenoxy) is 1. The molecule has 3 heterocycles. The molecule has 160 valence electrons. The van der Waals surface area contributed by atoms with Gasteiger partial charge in [0.05, 0.1) is 41.2 Å². The van der Waals surface area contributed by atoms with Gasteiger partial charge in [-0.05, 0) is 55.7 Å². The molecule has 5 rings (SSSR count). The van der Waals surface area contributed by atoms with Crippen LogP contribution in [-0.4, -0.2) is 32.9 Å². The maximum Gasteiger partial charge on any atom is 0.417 e. The van der Waals surface area contributed by atoms with Gasteiger partial charge in [-0.15, -0.1) is 0 Å². The van der Waals surface area contributed by atoms with Crippen molar-refractivity contribution < 1.29 is 14.1 Å². The zero-order chi connectivity index (χ0) is 21.6. The minimum absolute atomic E-state index is 0.0686. The van der Waals surface area contributed by atoms with Gasteiger partial charge in [0, 0.05) is 12.6 Å². The molecular weight excluding hydrogens is 394 g/mol. The predicted octanol–water partition coefficient (Wildman–Crippen LogP) is 4.43. The first-order chi connectivity index (χ1) is 14.9. The molecule has 1 saturated carbocycles. The van der Waals surface area contributed by atoms with Crippen LogP contribution in [0.4, 0.5) is 10.7 Å². The summed E-state index contributed by atoms with van der Waals surface area (Å²) in [6.07, 6.45) is 5.83. The first kappa shape index (κ1) is 19.6. The third kappa shape index (κ3) is 3.44. The molecule has 1 aliphatic carbocycles. The summed E-state index contributed by atoms with van der Waals surface area (Å²) in [5, 5.41) is 13.3. The second-order valence-corrected chi connectivity index (χ2v) is 9.18. The number of benzene rings is 1. The topological polar surface area (TPSA) is 97.2 Å². The molecule has 8 nitrogen and oxygen atoms in total. The Morgan fingerprint density at radius 1 is 1.29 bits per heavy atom. The number of anilines is 1. The van der Waals surface area contributed by atoms with Crippen LogP contribution >= 0.6 is 0 Å². The lowest BCUT2D eigenvalue weighted by atomic mass is 9.68. The highest BCUT2D eigenvalue weighted by Crippen LogP contribution is 2.48. The van der Waals surface area contributed by atoms with Crippen molar-refractivity contribution in [2.24, 2.45) is 5.41 Å². The summed E-state index contributed by atoms with van der Waals surface area (Å²) in [4.78, 5) is 18.8. The lowest BCUT2D eigenvalue weighted by Crippen LogP contribution is -2.45. The van der Waals surface area contributed by atoms with Gasteiger partial charge in [-0.3, -0.25) is 0 Å². The molecule has 1 spiro atoms. The van der Waals surface area contributed by atoms with E-state index in [1.165, 1.54) is 0 Å². The van der Waals surface area contributed by atoms with E-state index in [1.54, 1.807) is 11.0 Å². The van der Waals surface area contributed by atoms with Gasteiger partial charge in [0.15, 0.2) is 0 Å². The number of fused-ring (bicyclic) bond motifs is 1. The van der Waals surface area contributed by atoms with Gasteiger partial charge in [-0.25, -0.2) is 14.7 Å². The van der Waals surface area contributed by atoms with Crippen LogP contribution in [0.25, 0.3) is 11.0 Å². The van der Waals surface area contributed by atoms with Crippen molar-refractivity contribution in [2.75, 3.05) is 11.4 Å². The minimum atomic E-state index is -0.530. The number of nitriles is 1. The molecule has 1 amide bonds. The summed E-state index contributed by atoms with van der Waals surface area (Å²) in [7, 11) is 0. The van der Waals surface area contributed by atoms with Crippen molar-refractivity contribution in [3.63, 3.8) is 0 Å². The average molecular weight is 419 g/mol. The first-order valence-corrected chi connectivity index (χ1v) is 10.7. The van der Waals surface area contributed by atoms with Crippen molar-refractivity contribution in [1.82, 2.24) is 14.7 Å². The lowest BCUT2D eigenvalue weighted by molar-refractivity contribution is -0.0264. The summed E-state index contributed by atoms with van der Waals surface area (Å²) in [6.45, 7) is 5.47. The molecule has 2 atom stereocenters. The highest BCUT2D eigenvalue weighted by Gasteiger charge is 2.52. The standard InChI is InChI=1S/C23H25N5O3/c1-3-17-10-20(31-26-17)28-14-23(30-21(28)29)8-4-7-22(2,12-23)13-27-15-25-18-6-5-16(11-24)9-19(18)27/h5-6,9-10,15H,3-4,7-8,12-14H2,1-2H3/t22-,23-/m0/s1. The largest absolute Gasteiger partial charge is 0.441 e. The highest BCUT2D eigenvalue weighted by molar-refractivity contribution is 5.88. The van der Waals surface area contributed by atoms with Gasteiger partial charge in [-0.2, -0.15) is 5.26 Å². The number of amides is 1. The predicted molar refractivity (Wildman–Crippen MR) is 113 cm³/mol. The molecule has 0 bridgehead atoms. The van der Waals surface area contributed by atoms with Crippen LogP contribution in [0.2, 0.25) is 0 Å². The number of hydrogen-bond donors (Lipinski definition) is 0. The van der Waals surface area contributed by atoms with E-state index in [0.717, 1.165) is 55.4 Å². The number of hydrogen-bond acceptors (Lipinski definition) is 6. The molecule has 1 saturated heterocycles. The molecule has 2 fully saturated rings. The van der Waals surface area contributed by atoms with Gasteiger partial charge >= 0.3 is 6.09 Å². The van der Waals surface area contributed by atoms with Crippen LogP contribution < -0.4 is 4.90 Å². The number of rotatable bonds is 4. The Hall–Kier alpha value is -3.34. The maximum atomic E-state index is 12.7. The van der Waals surface area contributed by atoms with Crippen LogP contribution in [0.3, 0.4) is 0 Å². The van der Waals surface area contributed by atoms with Gasteiger partial charge in [0.1, 0.15) is 5.60 Å². The number of carbonyl (C=O) groups excluding carboxylic acids is 1. The Bertz CT molecular complexity index is 1190. The summed E-state index contributed by atoms with van der Waals surface area (Å²) in [6, 6.07) is 9.57. The van der Waals surface area contributed by atoms with Crippen molar-refractivity contribution in [3.05, 3.63) is 41.9 Å². The second kappa shape index (κ2) is 7.12. The van der Waals surface area contributed by atoms with Gasteiger partial charge in [-0.1, -0.05) is 19.0 Å². The molecule has 31 heavy (non-hydrogen) atoms. The molecule has 2 aliphatic rings. The first-order valence-electron chi connectivity index (χ1n) is 10.7. The van der Waals surface area contributed by atoms with E-state index in [0.29, 0.717) is 18.0 Å².